The highest BCUT2D eigenvalue weighted by Crippen LogP contribution is 2.43. The van der Waals surface area contributed by atoms with E-state index in [9.17, 15) is 13.0 Å². The fourth-order valence-corrected chi connectivity index (χ4v) is 6.57. The molecule has 0 saturated carbocycles. The van der Waals surface area contributed by atoms with Gasteiger partial charge in [0.15, 0.2) is 11.6 Å². The molecule has 248 valence electrons. The number of benzene rings is 5. The average molecular weight is 683 g/mol. The smallest absolute Gasteiger partial charge is 0.373 e. The zero-order chi connectivity index (χ0) is 34.6. The highest BCUT2D eigenvalue weighted by molar-refractivity contribution is 7.85. The van der Waals surface area contributed by atoms with Crippen molar-refractivity contribution in [1.82, 2.24) is 0 Å². The predicted molar refractivity (Wildman–Crippen MR) is 193 cm³/mol. The first-order valence-electron chi connectivity index (χ1n) is 15.8. The summed E-state index contributed by atoms with van der Waals surface area (Å²) in [4.78, 5) is 1.84. The van der Waals surface area contributed by atoms with Crippen molar-refractivity contribution in [1.29, 1.82) is 0 Å². The minimum absolute atomic E-state index is 0.178. The maximum absolute atomic E-state index is 10.4. The van der Waals surface area contributed by atoms with Crippen LogP contribution in [0.3, 0.4) is 0 Å². The van der Waals surface area contributed by atoms with E-state index in [1.807, 2.05) is 109 Å². The molecule has 0 atom stereocenters. The van der Waals surface area contributed by atoms with Crippen LogP contribution in [0.1, 0.15) is 11.5 Å². The number of furan rings is 2. The maximum atomic E-state index is 10.4. The van der Waals surface area contributed by atoms with Gasteiger partial charge in [-0.15, -0.1) is 0 Å². The Bertz CT molecular complexity index is 2800. The topological polar surface area (TPSA) is 113 Å². The number of para-hydroxylation sites is 2. The summed E-state index contributed by atoms with van der Waals surface area (Å²) in [6, 6.07) is 30.1. The van der Waals surface area contributed by atoms with Gasteiger partial charge in [-0.1, -0.05) is 72.3 Å². The second kappa shape index (κ2) is 12.1. The highest BCUT2D eigenvalue weighted by atomic mass is 32.2. The Hall–Kier alpha value is -6.10. The van der Waals surface area contributed by atoms with Crippen LogP contribution in [0.25, 0.3) is 61.1 Å². The minimum atomic E-state index is -4.27. The Morgan fingerprint density at radius 1 is 0.700 bits per heavy atom. The van der Waals surface area contributed by atoms with E-state index in [1.165, 1.54) is 12.1 Å². The first kappa shape index (κ1) is 31.2. The lowest BCUT2D eigenvalue weighted by molar-refractivity contribution is -0.651. The van der Waals surface area contributed by atoms with E-state index in [0.717, 1.165) is 83.8 Å². The second-order valence-electron chi connectivity index (χ2n) is 12.0. The number of allylic oxidation sites excluding steroid dienone is 4. The molecule has 50 heavy (non-hydrogen) atoms. The van der Waals surface area contributed by atoms with Gasteiger partial charge in [0.25, 0.3) is 5.52 Å². The van der Waals surface area contributed by atoms with Gasteiger partial charge in [0.1, 0.15) is 39.5 Å². The molecule has 3 aromatic heterocycles. The van der Waals surface area contributed by atoms with Gasteiger partial charge < -0.3 is 27.4 Å². The molecule has 0 saturated heterocycles. The summed E-state index contributed by atoms with van der Waals surface area (Å²) < 4.78 is 57.6. The van der Waals surface area contributed by atoms with E-state index in [-0.39, 0.29) is 4.90 Å². The number of aryl methyl sites for hydroxylation is 2. The van der Waals surface area contributed by atoms with E-state index < -0.39 is 10.1 Å². The van der Waals surface area contributed by atoms with Crippen molar-refractivity contribution >= 4 is 76.9 Å². The molecular formula is C40H30N2O7S. The van der Waals surface area contributed by atoms with Gasteiger partial charge in [-0.25, -0.2) is 8.42 Å². The van der Waals surface area contributed by atoms with Crippen LogP contribution in [-0.4, -0.2) is 20.0 Å². The number of oxazole rings is 1. The first-order chi connectivity index (χ1) is 24.1. The van der Waals surface area contributed by atoms with E-state index in [1.54, 1.807) is 12.1 Å². The van der Waals surface area contributed by atoms with E-state index in [4.69, 9.17) is 18.0 Å². The van der Waals surface area contributed by atoms with E-state index in [2.05, 4.69) is 24.3 Å². The van der Waals surface area contributed by atoms with Crippen LogP contribution in [0.5, 0.6) is 5.75 Å². The number of fused-ring (bicyclic) bond motifs is 8. The number of rotatable bonds is 4. The summed E-state index contributed by atoms with van der Waals surface area (Å²) in [5.74, 6) is 2.31. The Kier molecular flexibility index (Phi) is 7.55. The summed E-state index contributed by atoms with van der Waals surface area (Å²) in [7, 11) is -0.290. The third-order valence-electron chi connectivity index (χ3n) is 8.74. The summed E-state index contributed by atoms with van der Waals surface area (Å²) >= 11 is 0. The van der Waals surface area contributed by atoms with Gasteiger partial charge in [-0.3, -0.25) is 0 Å². The molecule has 0 radical (unpaired) electrons. The van der Waals surface area contributed by atoms with Gasteiger partial charge in [0, 0.05) is 34.7 Å². The molecule has 8 aromatic rings. The Balaban J connectivity index is 0.000000283. The molecule has 9 nitrogen and oxygen atoms in total. The third-order valence-corrected chi connectivity index (χ3v) is 9.59. The Morgan fingerprint density at radius 2 is 1.34 bits per heavy atom. The van der Waals surface area contributed by atoms with Crippen LogP contribution in [0.4, 0.5) is 5.69 Å². The monoisotopic (exact) mass is 682 g/mol. The fourth-order valence-electron chi connectivity index (χ4n) is 6.11. The minimum Gasteiger partial charge on any atom is -0.744 e. The molecule has 0 N–H and O–H groups in total. The van der Waals surface area contributed by atoms with Gasteiger partial charge in [0.2, 0.25) is 5.58 Å². The summed E-state index contributed by atoms with van der Waals surface area (Å²) in [5, 5.41) is 4.28. The number of aromatic nitrogens is 1. The predicted octanol–water partition coefficient (Wildman–Crippen LogP) is 8.89. The average Bonchev–Trinajstić information content (AvgIpc) is 3.83. The standard InChI is InChI=1S/C33H23N2O4.C7H8O3S/c1-34-24-18-28-22(20-10-6-8-12-26(20)36-28)16-30(24)38-32(34)14-4-3-5-15-33-35(2)25-19-29-23(17-31(25)39-33)21-11-7-9-13-27(21)37-29;1-6-2-4-7(5-3-6)11(8,9)10/h3-19H,1-2H3;2-5H,1H3,(H,8,9,10)/q+1;/p-1. The van der Waals surface area contributed by atoms with Gasteiger partial charge in [-0.05, 0) is 49.4 Å². The quantitative estimate of drug-likeness (QED) is 0.103. The molecular weight excluding hydrogens is 653 g/mol. The molecule has 1 aliphatic heterocycles. The lowest BCUT2D eigenvalue weighted by atomic mass is 10.1. The lowest BCUT2D eigenvalue weighted by Gasteiger charge is -2.09. The van der Waals surface area contributed by atoms with Gasteiger partial charge >= 0.3 is 5.89 Å². The molecule has 0 aliphatic carbocycles. The van der Waals surface area contributed by atoms with Crippen molar-refractivity contribution in [3.05, 3.63) is 139 Å². The van der Waals surface area contributed by atoms with Crippen molar-refractivity contribution in [2.45, 2.75) is 11.8 Å². The first-order valence-corrected chi connectivity index (χ1v) is 17.2. The SMILES string of the molecule is CN1/C(=C/C=C/C=C/c2oc3cc4c(cc3[n+]2C)oc2ccccc24)Oc2cc3c(cc21)oc1ccccc13.Cc1ccc(S(=O)(=O)[O-])cc1. The van der Waals surface area contributed by atoms with E-state index in [0.29, 0.717) is 0 Å². The zero-order valence-electron chi connectivity index (χ0n) is 27.3. The van der Waals surface area contributed by atoms with Crippen molar-refractivity contribution in [2.75, 3.05) is 11.9 Å². The summed E-state index contributed by atoms with van der Waals surface area (Å²) in [5.41, 5.74) is 7.16. The number of hydrogen-bond donors (Lipinski definition) is 0. The van der Waals surface area contributed by atoms with Crippen LogP contribution >= 0.6 is 0 Å². The molecule has 0 bridgehead atoms. The molecule has 10 heteroatoms. The summed E-state index contributed by atoms with van der Waals surface area (Å²) in [6.45, 7) is 1.82. The van der Waals surface area contributed by atoms with Crippen molar-refractivity contribution in [3.63, 3.8) is 0 Å². The van der Waals surface area contributed by atoms with Crippen LogP contribution < -0.4 is 14.2 Å². The van der Waals surface area contributed by atoms with Crippen molar-refractivity contribution in [3.8, 4) is 5.75 Å². The van der Waals surface area contributed by atoms with Crippen molar-refractivity contribution in [2.24, 2.45) is 7.05 Å². The normalized spacial score (nSPS) is 14.2. The Morgan fingerprint density at radius 3 is 2.02 bits per heavy atom. The Labute approximate surface area is 286 Å². The van der Waals surface area contributed by atoms with Crippen molar-refractivity contribution < 1.29 is 35.5 Å². The van der Waals surface area contributed by atoms with Gasteiger partial charge in [0.05, 0.1) is 22.7 Å². The molecule has 1 aliphatic rings. The summed E-state index contributed by atoms with van der Waals surface area (Å²) in [6.07, 6.45) is 9.76. The van der Waals surface area contributed by atoms with Gasteiger partial charge in [-0.2, -0.15) is 4.57 Å². The molecule has 0 unspecified atom stereocenters. The zero-order valence-corrected chi connectivity index (χ0v) is 28.1. The maximum Gasteiger partial charge on any atom is 0.373 e. The van der Waals surface area contributed by atoms with Crippen LogP contribution in [0, 0.1) is 6.92 Å². The second-order valence-corrected chi connectivity index (χ2v) is 13.4. The number of anilines is 1. The largest absolute Gasteiger partial charge is 0.744 e. The molecule has 4 heterocycles. The molecule has 5 aromatic carbocycles. The van der Waals surface area contributed by atoms with Crippen LogP contribution in [0.2, 0.25) is 0 Å². The van der Waals surface area contributed by atoms with Crippen LogP contribution in [-0.2, 0) is 17.2 Å². The fraction of sp³-hybridized carbons (Fsp3) is 0.0750. The third kappa shape index (κ3) is 5.60. The number of nitrogens with zero attached hydrogens (tertiary/aromatic N) is 2. The number of hydrogen-bond acceptors (Lipinski definition) is 8. The molecule has 0 spiro atoms. The van der Waals surface area contributed by atoms with E-state index >= 15 is 0 Å². The molecule has 0 amide bonds. The van der Waals surface area contributed by atoms with Crippen LogP contribution in [0.15, 0.2) is 145 Å². The highest BCUT2D eigenvalue weighted by Gasteiger charge is 2.25. The molecule has 9 rings (SSSR count). The molecule has 0 fully saturated rings. The number of ether oxygens (including phenoxy) is 1. The lowest BCUT2D eigenvalue weighted by Crippen LogP contribution is -2.29.